The molecule has 220 valence electrons. The van der Waals surface area contributed by atoms with Crippen LogP contribution in [0.5, 0.6) is 0 Å². The highest BCUT2D eigenvalue weighted by molar-refractivity contribution is 7.92. The Balaban J connectivity index is 1.92. The van der Waals surface area contributed by atoms with E-state index in [0.717, 1.165) is 5.56 Å². The van der Waals surface area contributed by atoms with Gasteiger partial charge in [0.25, 0.3) is 10.0 Å². The van der Waals surface area contributed by atoms with Crippen LogP contribution in [-0.4, -0.2) is 42.4 Å². The Kier molecular flexibility index (Phi) is 10.8. The third-order valence-electron chi connectivity index (χ3n) is 6.29. The van der Waals surface area contributed by atoms with Gasteiger partial charge in [-0.1, -0.05) is 79.6 Å². The molecule has 1 aromatic heterocycles. The van der Waals surface area contributed by atoms with E-state index in [9.17, 15) is 18.0 Å². The van der Waals surface area contributed by atoms with E-state index in [4.69, 9.17) is 16.1 Å². The number of carbonyl (C=O) groups excluding carboxylic acids is 2. The summed E-state index contributed by atoms with van der Waals surface area (Å²) < 4.78 is 34.2. The maximum atomic E-state index is 13.3. The molecule has 0 aliphatic heterocycles. The molecule has 2 amide bonds. The molecular weight excluding hydrogens is 564 g/mol. The van der Waals surface area contributed by atoms with E-state index in [2.05, 4.69) is 21.8 Å². The Hall–Kier alpha value is -3.63. The average Bonchev–Trinajstić information content (AvgIpc) is 3.26. The molecule has 0 saturated carbocycles. The van der Waals surface area contributed by atoms with Gasteiger partial charge in [-0.2, -0.15) is 0 Å². The molecule has 1 atom stereocenters. The van der Waals surface area contributed by atoms with Gasteiger partial charge < -0.3 is 14.7 Å². The predicted molar refractivity (Wildman–Crippen MR) is 161 cm³/mol. The molecule has 1 heterocycles. The van der Waals surface area contributed by atoms with E-state index in [1.54, 1.807) is 42.2 Å². The summed E-state index contributed by atoms with van der Waals surface area (Å²) in [4.78, 5) is 27.7. The molecule has 0 unspecified atom stereocenters. The van der Waals surface area contributed by atoms with Crippen LogP contribution in [-0.2, 0) is 32.6 Å². The number of hydrogen-bond acceptors (Lipinski definition) is 6. The maximum Gasteiger partial charge on any atom is 0.263 e. The first-order valence-corrected chi connectivity index (χ1v) is 15.4. The molecule has 11 heteroatoms. The van der Waals surface area contributed by atoms with Crippen molar-refractivity contribution in [2.75, 3.05) is 4.72 Å². The molecule has 9 nitrogen and oxygen atoms in total. The molecule has 0 radical (unpaired) electrons. The van der Waals surface area contributed by atoms with Crippen LogP contribution in [0.15, 0.2) is 70.1 Å². The lowest BCUT2D eigenvalue weighted by Crippen LogP contribution is -2.51. The molecule has 0 bridgehead atoms. The Labute approximate surface area is 247 Å². The number of aromatic nitrogens is 1. The van der Waals surface area contributed by atoms with E-state index in [-0.39, 0.29) is 40.1 Å². The summed E-state index contributed by atoms with van der Waals surface area (Å²) in [6, 6.07) is 12.9. The van der Waals surface area contributed by atoms with Crippen LogP contribution in [0, 0.1) is 0 Å². The zero-order chi connectivity index (χ0) is 30.3. The van der Waals surface area contributed by atoms with E-state index in [1.165, 1.54) is 6.07 Å². The molecule has 0 fully saturated rings. The molecule has 0 spiro atoms. The van der Waals surface area contributed by atoms with Crippen LogP contribution in [0.2, 0.25) is 5.02 Å². The molecule has 41 heavy (non-hydrogen) atoms. The molecule has 3 rings (SSSR count). The van der Waals surface area contributed by atoms with Gasteiger partial charge in [0.15, 0.2) is 5.76 Å². The maximum absolute atomic E-state index is 13.3. The lowest BCUT2D eigenvalue weighted by atomic mass is 10.0. The lowest BCUT2D eigenvalue weighted by molar-refractivity contribution is -0.140. The normalized spacial score (nSPS) is 12.2. The van der Waals surface area contributed by atoms with Crippen LogP contribution in [0.3, 0.4) is 0 Å². The Morgan fingerprint density at radius 2 is 1.76 bits per heavy atom. The second kappa shape index (κ2) is 13.8. The Morgan fingerprint density at radius 3 is 2.32 bits per heavy atom. The number of nitrogens with one attached hydrogen (secondary N) is 2. The molecular formula is C30H37ClN4O5S. The van der Waals surface area contributed by atoms with Crippen molar-refractivity contribution in [3.05, 3.63) is 77.0 Å². The number of hydrogen-bond donors (Lipinski definition) is 2. The summed E-state index contributed by atoms with van der Waals surface area (Å²) in [6.45, 7) is 13.4. The average molecular weight is 601 g/mol. The fourth-order valence-corrected chi connectivity index (χ4v) is 5.92. The number of benzene rings is 2. The second-order valence-electron chi connectivity index (χ2n) is 10.1. The van der Waals surface area contributed by atoms with Crippen molar-refractivity contribution in [3.8, 4) is 11.1 Å². The summed E-state index contributed by atoms with van der Waals surface area (Å²) in [5.74, 6) is -0.114. The zero-order valence-corrected chi connectivity index (χ0v) is 25.6. The van der Waals surface area contributed by atoms with Gasteiger partial charge in [-0.3, -0.25) is 14.3 Å². The highest BCUT2D eigenvalue weighted by atomic mass is 35.5. The summed E-state index contributed by atoms with van der Waals surface area (Å²) in [7, 11) is -4.06. The SMILES string of the molecule is C=C(C)[C@@H](C(=O)NC(C)C)N(Cc1ccc(-c2ccccc2S(=O)(=O)Nc2noc(CC)c2Cl)cc1)C(=O)CCC. The van der Waals surface area contributed by atoms with Crippen LogP contribution in [0.4, 0.5) is 5.82 Å². The number of amides is 2. The van der Waals surface area contributed by atoms with Gasteiger partial charge in [-0.15, -0.1) is 0 Å². The van der Waals surface area contributed by atoms with Crippen molar-refractivity contribution in [2.45, 2.75) is 77.4 Å². The minimum atomic E-state index is -4.06. The summed E-state index contributed by atoms with van der Waals surface area (Å²) in [5, 5.41) is 6.77. The number of sulfonamides is 1. The molecule has 0 aliphatic rings. The monoisotopic (exact) mass is 600 g/mol. The van der Waals surface area contributed by atoms with Crippen LogP contribution < -0.4 is 10.0 Å². The molecule has 2 aromatic carbocycles. The highest BCUT2D eigenvalue weighted by Gasteiger charge is 2.30. The lowest BCUT2D eigenvalue weighted by Gasteiger charge is -2.32. The number of rotatable bonds is 13. The predicted octanol–water partition coefficient (Wildman–Crippen LogP) is 5.96. The first kappa shape index (κ1) is 31.9. The number of anilines is 1. The molecule has 2 N–H and O–H groups in total. The quantitative estimate of drug-likeness (QED) is 0.234. The minimum Gasteiger partial charge on any atom is -0.358 e. The fraction of sp³-hybridized carbons (Fsp3) is 0.367. The smallest absolute Gasteiger partial charge is 0.263 e. The van der Waals surface area contributed by atoms with Crippen molar-refractivity contribution >= 4 is 39.3 Å². The number of nitrogens with zero attached hydrogens (tertiary/aromatic N) is 2. The van der Waals surface area contributed by atoms with Crippen molar-refractivity contribution < 1.29 is 22.5 Å². The third-order valence-corrected chi connectivity index (χ3v) is 8.08. The van der Waals surface area contributed by atoms with E-state index in [0.29, 0.717) is 41.7 Å². The summed E-state index contributed by atoms with van der Waals surface area (Å²) >= 11 is 6.22. The highest BCUT2D eigenvalue weighted by Crippen LogP contribution is 2.32. The van der Waals surface area contributed by atoms with E-state index < -0.39 is 16.1 Å². The third kappa shape index (κ3) is 7.77. The number of aryl methyl sites for hydroxylation is 1. The van der Waals surface area contributed by atoms with Crippen LogP contribution in [0.1, 0.15) is 58.8 Å². The van der Waals surface area contributed by atoms with Crippen molar-refractivity contribution in [3.63, 3.8) is 0 Å². The van der Waals surface area contributed by atoms with E-state index >= 15 is 0 Å². The van der Waals surface area contributed by atoms with Crippen LogP contribution >= 0.6 is 11.6 Å². The van der Waals surface area contributed by atoms with Crippen molar-refractivity contribution in [1.29, 1.82) is 0 Å². The largest absolute Gasteiger partial charge is 0.358 e. The van der Waals surface area contributed by atoms with Gasteiger partial charge >= 0.3 is 0 Å². The number of halogens is 1. The van der Waals surface area contributed by atoms with Gasteiger partial charge in [-0.25, -0.2) is 8.42 Å². The standard InChI is InChI=1S/C30H37ClN4O5S/c1-7-11-26(36)35(28(19(3)4)30(37)32-20(5)6)18-21-14-16-22(17-15-21)23-12-9-10-13-25(23)41(38,39)34-29-27(31)24(8-2)40-33-29/h9-10,12-17,20,28H,3,7-8,11,18H2,1-2,4-6H3,(H,32,37)(H,33,34)/t28-/m0/s1. The second-order valence-corrected chi connectivity index (χ2v) is 12.1. The Morgan fingerprint density at radius 1 is 1.10 bits per heavy atom. The van der Waals surface area contributed by atoms with Gasteiger partial charge in [0.2, 0.25) is 17.6 Å². The van der Waals surface area contributed by atoms with Crippen LogP contribution in [0.25, 0.3) is 11.1 Å². The first-order valence-electron chi connectivity index (χ1n) is 13.5. The van der Waals surface area contributed by atoms with Gasteiger partial charge in [-0.05, 0) is 50.0 Å². The fourth-order valence-electron chi connectivity index (χ4n) is 4.38. The molecule has 3 aromatic rings. The molecule has 0 aliphatic carbocycles. The minimum absolute atomic E-state index is 0.0392. The van der Waals surface area contributed by atoms with Crippen molar-refractivity contribution in [2.24, 2.45) is 0 Å². The van der Waals surface area contributed by atoms with Gasteiger partial charge in [0.05, 0.1) is 4.90 Å². The topological polar surface area (TPSA) is 122 Å². The zero-order valence-electron chi connectivity index (χ0n) is 24.0. The Bertz CT molecular complexity index is 1500. The first-order chi connectivity index (χ1) is 19.4. The molecule has 0 saturated heterocycles. The van der Waals surface area contributed by atoms with Gasteiger partial charge in [0.1, 0.15) is 11.1 Å². The van der Waals surface area contributed by atoms with E-state index in [1.807, 2.05) is 39.8 Å². The summed E-state index contributed by atoms with van der Waals surface area (Å²) in [5.41, 5.74) is 2.46. The number of carbonyl (C=O) groups is 2. The van der Waals surface area contributed by atoms with Gasteiger partial charge in [0, 0.05) is 31.0 Å². The van der Waals surface area contributed by atoms with Crippen molar-refractivity contribution in [1.82, 2.24) is 15.4 Å². The summed E-state index contributed by atoms with van der Waals surface area (Å²) in [6.07, 6.45) is 1.40.